The van der Waals surface area contributed by atoms with Crippen molar-refractivity contribution in [3.8, 4) is 0 Å². The SMILES string of the molecule is O=C1CCN(c2cnc3c(n2)CC(Cc2ccc4ncccc4c2)N=N3)C1. The van der Waals surface area contributed by atoms with E-state index in [1.54, 1.807) is 12.4 Å². The monoisotopic (exact) mass is 358 g/mol. The molecule has 2 aliphatic heterocycles. The molecule has 3 aromatic rings. The van der Waals surface area contributed by atoms with Crippen LogP contribution < -0.4 is 4.90 Å². The molecule has 4 heterocycles. The molecule has 0 aliphatic carbocycles. The molecule has 27 heavy (non-hydrogen) atoms. The number of carbonyl (C=O) groups excluding carboxylic acids is 1. The minimum atomic E-state index is 0.0383. The molecule has 2 aliphatic rings. The number of anilines is 1. The normalized spacial score (nSPS) is 18.9. The molecular weight excluding hydrogens is 340 g/mol. The van der Waals surface area contributed by atoms with Crippen molar-refractivity contribution in [2.24, 2.45) is 10.2 Å². The van der Waals surface area contributed by atoms with Crippen LogP contribution in [0.3, 0.4) is 0 Å². The number of hydrogen-bond acceptors (Lipinski definition) is 7. The van der Waals surface area contributed by atoms with Crippen molar-refractivity contribution in [3.05, 3.63) is 54.0 Å². The third-order valence-electron chi connectivity index (χ3n) is 5.05. The number of pyridine rings is 1. The van der Waals surface area contributed by atoms with Crippen LogP contribution in [0.25, 0.3) is 10.9 Å². The van der Waals surface area contributed by atoms with Crippen molar-refractivity contribution in [1.29, 1.82) is 0 Å². The minimum absolute atomic E-state index is 0.0383. The number of hydrogen-bond donors (Lipinski definition) is 0. The van der Waals surface area contributed by atoms with E-state index in [1.165, 1.54) is 5.56 Å². The smallest absolute Gasteiger partial charge is 0.195 e. The van der Waals surface area contributed by atoms with Crippen LogP contribution in [0, 0.1) is 0 Å². The molecule has 0 N–H and O–H groups in total. The Balaban J connectivity index is 1.36. The number of benzene rings is 1. The van der Waals surface area contributed by atoms with Crippen LogP contribution in [0.2, 0.25) is 0 Å². The number of ketones is 1. The zero-order valence-corrected chi connectivity index (χ0v) is 14.7. The number of azo groups is 1. The maximum atomic E-state index is 11.5. The first-order chi connectivity index (χ1) is 13.2. The lowest BCUT2D eigenvalue weighted by molar-refractivity contribution is -0.116. The quantitative estimate of drug-likeness (QED) is 0.718. The number of Topliss-reactive ketones (excluding diaryl/α,β-unsaturated/α-hetero) is 1. The molecule has 2 aromatic heterocycles. The summed E-state index contributed by atoms with van der Waals surface area (Å²) in [6.45, 7) is 1.13. The highest BCUT2D eigenvalue weighted by Gasteiger charge is 2.24. The molecule has 1 unspecified atom stereocenters. The zero-order chi connectivity index (χ0) is 18.2. The Morgan fingerprint density at radius 1 is 1.19 bits per heavy atom. The number of rotatable bonds is 3. The Bertz CT molecular complexity index is 1060. The average molecular weight is 358 g/mol. The van der Waals surface area contributed by atoms with Crippen LogP contribution in [-0.4, -0.2) is 39.9 Å². The van der Waals surface area contributed by atoms with Gasteiger partial charge in [0, 0.05) is 31.0 Å². The van der Waals surface area contributed by atoms with Gasteiger partial charge in [0.05, 0.1) is 30.0 Å². The molecule has 1 aromatic carbocycles. The molecule has 0 bridgehead atoms. The summed E-state index contributed by atoms with van der Waals surface area (Å²) < 4.78 is 0. The van der Waals surface area contributed by atoms with E-state index in [-0.39, 0.29) is 11.8 Å². The number of fused-ring (bicyclic) bond motifs is 2. The van der Waals surface area contributed by atoms with Crippen molar-refractivity contribution in [3.63, 3.8) is 0 Å². The Morgan fingerprint density at radius 2 is 2.15 bits per heavy atom. The van der Waals surface area contributed by atoms with Crippen LogP contribution in [0.4, 0.5) is 11.6 Å². The molecule has 1 saturated heterocycles. The van der Waals surface area contributed by atoms with Gasteiger partial charge in [-0.2, -0.15) is 5.11 Å². The second kappa shape index (κ2) is 6.50. The van der Waals surface area contributed by atoms with Crippen LogP contribution >= 0.6 is 0 Å². The maximum Gasteiger partial charge on any atom is 0.195 e. The third kappa shape index (κ3) is 3.16. The fraction of sp³-hybridized carbons (Fsp3) is 0.300. The lowest BCUT2D eigenvalue weighted by Gasteiger charge is -2.20. The lowest BCUT2D eigenvalue weighted by atomic mass is 10.00. The summed E-state index contributed by atoms with van der Waals surface area (Å²) in [6.07, 6.45) is 5.57. The summed E-state index contributed by atoms with van der Waals surface area (Å²) in [5.74, 6) is 1.59. The van der Waals surface area contributed by atoms with Gasteiger partial charge in [0.25, 0.3) is 0 Å². The first-order valence-electron chi connectivity index (χ1n) is 9.12. The molecule has 1 fully saturated rings. The lowest BCUT2D eigenvalue weighted by Crippen LogP contribution is -2.23. The number of nitrogens with zero attached hydrogens (tertiary/aromatic N) is 6. The fourth-order valence-corrected chi connectivity index (χ4v) is 3.65. The van der Waals surface area contributed by atoms with E-state index in [4.69, 9.17) is 4.98 Å². The average Bonchev–Trinajstić information content (AvgIpc) is 3.14. The second-order valence-electron chi connectivity index (χ2n) is 7.02. The Hall–Kier alpha value is -3.22. The van der Waals surface area contributed by atoms with E-state index in [9.17, 15) is 4.79 Å². The highest BCUT2D eigenvalue weighted by molar-refractivity contribution is 5.86. The van der Waals surface area contributed by atoms with Crippen molar-refractivity contribution in [2.75, 3.05) is 18.0 Å². The summed E-state index contributed by atoms with van der Waals surface area (Å²) in [5.41, 5.74) is 3.05. The first kappa shape index (κ1) is 16.0. The van der Waals surface area contributed by atoms with Gasteiger partial charge >= 0.3 is 0 Å². The molecule has 0 amide bonds. The van der Waals surface area contributed by atoms with Gasteiger partial charge in [-0.05, 0) is 30.2 Å². The standard InChI is InChI=1S/C20H18N6O/c27-16-5-7-26(12-16)19-11-22-20-18(23-19)10-15(24-25-20)9-13-3-4-17-14(8-13)2-1-6-21-17/h1-4,6,8,11,15H,5,7,9-10,12H2. The molecule has 0 radical (unpaired) electrons. The van der Waals surface area contributed by atoms with Gasteiger partial charge in [0.15, 0.2) is 11.6 Å². The molecule has 1 atom stereocenters. The van der Waals surface area contributed by atoms with E-state index in [2.05, 4.69) is 38.4 Å². The molecule has 134 valence electrons. The van der Waals surface area contributed by atoms with E-state index in [0.29, 0.717) is 31.7 Å². The highest BCUT2D eigenvalue weighted by atomic mass is 16.1. The molecule has 7 heteroatoms. The number of aromatic nitrogens is 3. The van der Waals surface area contributed by atoms with Gasteiger partial charge in [-0.15, -0.1) is 5.11 Å². The first-order valence-corrected chi connectivity index (χ1v) is 9.12. The second-order valence-corrected chi connectivity index (χ2v) is 7.02. The Kier molecular flexibility index (Phi) is 3.85. The Labute approximate surface area is 156 Å². The predicted octanol–water partition coefficient (Wildman–Crippen LogP) is 3.06. The van der Waals surface area contributed by atoms with Crippen LogP contribution in [0.1, 0.15) is 17.7 Å². The predicted molar refractivity (Wildman–Crippen MR) is 101 cm³/mol. The Morgan fingerprint density at radius 3 is 3.04 bits per heavy atom. The largest absolute Gasteiger partial charge is 0.348 e. The molecular formula is C20H18N6O. The van der Waals surface area contributed by atoms with Crippen molar-refractivity contribution in [2.45, 2.75) is 25.3 Å². The summed E-state index contributed by atoms with van der Waals surface area (Å²) in [4.78, 5) is 27.0. The summed E-state index contributed by atoms with van der Waals surface area (Å²) in [7, 11) is 0. The molecule has 0 spiro atoms. The van der Waals surface area contributed by atoms with Crippen LogP contribution in [-0.2, 0) is 17.6 Å². The van der Waals surface area contributed by atoms with Crippen molar-refractivity contribution < 1.29 is 4.79 Å². The van der Waals surface area contributed by atoms with Gasteiger partial charge in [-0.1, -0.05) is 12.1 Å². The van der Waals surface area contributed by atoms with Gasteiger partial charge < -0.3 is 4.90 Å². The summed E-state index contributed by atoms with van der Waals surface area (Å²) >= 11 is 0. The summed E-state index contributed by atoms with van der Waals surface area (Å²) in [5, 5.41) is 9.82. The van der Waals surface area contributed by atoms with E-state index >= 15 is 0 Å². The van der Waals surface area contributed by atoms with E-state index in [1.807, 2.05) is 17.0 Å². The van der Waals surface area contributed by atoms with E-state index < -0.39 is 0 Å². The minimum Gasteiger partial charge on any atom is -0.348 e. The molecule has 7 nitrogen and oxygen atoms in total. The fourth-order valence-electron chi connectivity index (χ4n) is 3.65. The topological polar surface area (TPSA) is 83.7 Å². The summed E-state index contributed by atoms with van der Waals surface area (Å²) in [6, 6.07) is 10.3. The molecule has 5 rings (SSSR count). The van der Waals surface area contributed by atoms with Gasteiger partial charge in [0.2, 0.25) is 0 Å². The van der Waals surface area contributed by atoms with Gasteiger partial charge in [-0.3, -0.25) is 9.78 Å². The maximum absolute atomic E-state index is 11.5. The zero-order valence-electron chi connectivity index (χ0n) is 14.7. The molecule has 0 saturated carbocycles. The van der Waals surface area contributed by atoms with Crippen LogP contribution in [0.15, 0.2) is 53.0 Å². The third-order valence-corrected chi connectivity index (χ3v) is 5.05. The van der Waals surface area contributed by atoms with Crippen molar-refractivity contribution in [1.82, 2.24) is 15.0 Å². The highest BCUT2D eigenvalue weighted by Crippen LogP contribution is 2.28. The van der Waals surface area contributed by atoms with Gasteiger partial charge in [0.1, 0.15) is 5.82 Å². The van der Waals surface area contributed by atoms with Crippen LogP contribution in [0.5, 0.6) is 0 Å². The van der Waals surface area contributed by atoms with Gasteiger partial charge in [-0.25, -0.2) is 9.97 Å². The number of carbonyl (C=O) groups is 1. The van der Waals surface area contributed by atoms with Crippen molar-refractivity contribution >= 4 is 28.3 Å². The van der Waals surface area contributed by atoms with E-state index in [0.717, 1.165) is 28.8 Å².